The molecule has 0 saturated carbocycles. The standard InChI is InChI=1S/C25H60O5Si5/c1-16-31(21(6)7)26-32(17-2,22(8)9)28-34(19-4,24(12)13)30-35(20-5,25(14)15)29-33(18-3,27-31)23(10)11/h21-25H,16-20H2,1-15H3. The van der Waals surface area contributed by atoms with E-state index in [1.807, 2.05) is 0 Å². The molecule has 210 valence electrons. The normalized spacial score (nSPS) is 37.7. The van der Waals surface area contributed by atoms with Crippen LogP contribution in [0.15, 0.2) is 0 Å². The summed E-state index contributed by atoms with van der Waals surface area (Å²) < 4.78 is 37.8. The second-order valence-corrected chi connectivity index (χ2v) is 33.6. The van der Waals surface area contributed by atoms with E-state index in [4.69, 9.17) is 20.6 Å². The Morgan fingerprint density at radius 2 is 0.429 bits per heavy atom. The van der Waals surface area contributed by atoms with Crippen LogP contribution in [0.4, 0.5) is 0 Å². The fourth-order valence-corrected chi connectivity index (χ4v) is 39.2. The molecule has 1 aliphatic rings. The predicted molar refractivity (Wildman–Crippen MR) is 162 cm³/mol. The minimum Gasteiger partial charge on any atom is -0.415 e. The predicted octanol–water partition coefficient (Wildman–Crippen LogP) is 9.44. The van der Waals surface area contributed by atoms with Gasteiger partial charge in [-0.25, -0.2) is 0 Å². The summed E-state index contributed by atoms with van der Waals surface area (Å²) in [5.41, 5.74) is 1.61. The summed E-state index contributed by atoms with van der Waals surface area (Å²) in [7, 11) is -13.3. The lowest BCUT2D eigenvalue weighted by atomic mass is 10.6. The van der Waals surface area contributed by atoms with Gasteiger partial charge >= 0.3 is 42.8 Å². The molecule has 0 N–H and O–H groups in total. The Morgan fingerprint density at radius 3 is 0.486 bits per heavy atom. The van der Waals surface area contributed by atoms with Crippen molar-refractivity contribution in [3.05, 3.63) is 0 Å². The zero-order valence-electron chi connectivity index (χ0n) is 26.0. The molecule has 0 aromatic rings. The van der Waals surface area contributed by atoms with Crippen LogP contribution in [0, 0.1) is 0 Å². The lowest BCUT2D eigenvalue weighted by molar-refractivity contribution is 0.193. The van der Waals surface area contributed by atoms with E-state index in [1.54, 1.807) is 0 Å². The molecule has 0 aromatic carbocycles. The van der Waals surface area contributed by atoms with Gasteiger partial charge in [-0.3, -0.25) is 0 Å². The molecule has 0 amide bonds. The first-order valence-corrected chi connectivity index (χ1v) is 25.1. The molecular weight excluding hydrogens is 521 g/mol. The van der Waals surface area contributed by atoms with Crippen molar-refractivity contribution in [2.75, 3.05) is 0 Å². The second kappa shape index (κ2) is 12.8. The lowest BCUT2D eigenvalue weighted by Crippen LogP contribution is -2.72. The first-order valence-electron chi connectivity index (χ1n) is 14.6. The SMILES string of the molecule is CC[Si]1(C(C)C)O[Si](CC)(C(C)C)O[Si](CC)(C(C)C)O[Si](CC)(C(C)C)O[Si](CC)(C(C)C)O1. The third kappa shape index (κ3) is 6.55. The summed E-state index contributed by atoms with van der Waals surface area (Å²) in [4.78, 5) is 0. The second-order valence-electron chi connectivity index (χ2n) is 12.1. The van der Waals surface area contributed by atoms with Crippen molar-refractivity contribution in [2.45, 2.75) is 162 Å². The van der Waals surface area contributed by atoms with Crippen molar-refractivity contribution < 1.29 is 20.6 Å². The summed E-state index contributed by atoms with van der Waals surface area (Å²) in [6.45, 7) is 34.5. The fourth-order valence-electron chi connectivity index (χ4n) is 5.51. The summed E-state index contributed by atoms with van der Waals surface area (Å²) in [5.74, 6) is 0. The molecule has 1 heterocycles. The van der Waals surface area contributed by atoms with Gasteiger partial charge in [0, 0.05) is 0 Å². The average molecular weight is 581 g/mol. The third-order valence-electron chi connectivity index (χ3n) is 8.59. The van der Waals surface area contributed by atoms with Gasteiger partial charge in [0.2, 0.25) is 0 Å². The molecular formula is C25H60O5Si5. The zero-order valence-corrected chi connectivity index (χ0v) is 31.0. The quantitative estimate of drug-likeness (QED) is 0.241. The van der Waals surface area contributed by atoms with E-state index in [-0.39, 0.29) is 0 Å². The molecule has 0 atom stereocenters. The molecule has 0 aliphatic carbocycles. The fraction of sp³-hybridized carbons (Fsp3) is 1.00. The van der Waals surface area contributed by atoms with E-state index in [2.05, 4.69) is 104 Å². The minimum atomic E-state index is -2.67. The molecule has 1 fully saturated rings. The van der Waals surface area contributed by atoms with E-state index >= 15 is 0 Å². The van der Waals surface area contributed by atoms with Crippen LogP contribution in [0.5, 0.6) is 0 Å². The topological polar surface area (TPSA) is 46.2 Å². The van der Waals surface area contributed by atoms with Crippen molar-refractivity contribution in [1.82, 2.24) is 0 Å². The average Bonchev–Trinajstić information content (AvgIpc) is 2.80. The summed E-state index contributed by atoms with van der Waals surface area (Å²) >= 11 is 0. The van der Waals surface area contributed by atoms with E-state index in [0.717, 1.165) is 30.2 Å². The summed E-state index contributed by atoms with van der Waals surface area (Å²) in [6.07, 6.45) is 0. The van der Waals surface area contributed by atoms with Crippen LogP contribution in [-0.4, -0.2) is 42.8 Å². The Labute approximate surface area is 224 Å². The first-order chi connectivity index (χ1) is 16.1. The van der Waals surface area contributed by atoms with Crippen LogP contribution in [0.2, 0.25) is 57.9 Å². The highest BCUT2D eigenvalue weighted by Crippen LogP contribution is 2.49. The number of hydrogen-bond donors (Lipinski definition) is 0. The van der Waals surface area contributed by atoms with Crippen LogP contribution in [0.1, 0.15) is 104 Å². The molecule has 0 radical (unpaired) electrons. The van der Waals surface area contributed by atoms with Gasteiger partial charge in [-0.1, -0.05) is 104 Å². The Bertz CT molecular complexity index is 518. The molecule has 0 aromatic heterocycles. The van der Waals surface area contributed by atoms with Crippen molar-refractivity contribution in [2.24, 2.45) is 0 Å². The Kier molecular flexibility index (Phi) is 12.4. The smallest absolute Gasteiger partial charge is 0.322 e. The van der Waals surface area contributed by atoms with Gasteiger partial charge in [0.05, 0.1) is 0 Å². The maximum atomic E-state index is 7.56. The molecule has 35 heavy (non-hydrogen) atoms. The van der Waals surface area contributed by atoms with Crippen LogP contribution in [0.3, 0.4) is 0 Å². The van der Waals surface area contributed by atoms with Crippen molar-refractivity contribution >= 4 is 42.8 Å². The Morgan fingerprint density at radius 1 is 0.314 bits per heavy atom. The lowest BCUT2D eigenvalue weighted by Gasteiger charge is -2.57. The highest BCUT2D eigenvalue weighted by molar-refractivity contribution is 6.96. The van der Waals surface area contributed by atoms with E-state index < -0.39 is 42.8 Å². The van der Waals surface area contributed by atoms with Gasteiger partial charge in [-0.15, -0.1) is 0 Å². The summed E-state index contributed by atoms with van der Waals surface area (Å²) in [5, 5.41) is 0. The van der Waals surface area contributed by atoms with Gasteiger partial charge in [0.25, 0.3) is 0 Å². The van der Waals surface area contributed by atoms with Crippen molar-refractivity contribution in [3.63, 3.8) is 0 Å². The Balaban J connectivity index is 4.17. The third-order valence-corrected chi connectivity index (χ3v) is 36.1. The zero-order chi connectivity index (χ0) is 27.5. The molecule has 5 nitrogen and oxygen atoms in total. The van der Waals surface area contributed by atoms with Crippen LogP contribution in [0.25, 0.3) is 0 Å². The van der Waals surface area contributed by atoms with Crippen LogP contribution in [-0.2, 0) is 20.6 Å². The molecule has 1 aliphatic heterocycles. The first kappa shape index (κ1) is 33.9. The van der Waals surface area contributed by atoms with E-state index in [9.17, 15) is 0 Å². The highest BCUT2D eigenvalue weighted by atomic mass is 28.5. The maximum Gasteiger partial charge on any atom is 0.322 e. The minimum absolute atomic E-state index is 0.322. The number of rotatable bonds is 10. The van der Waals surface area contributed by atoms with Gasteiger partial charge < -0.3 is 20.6 Å². The molecule has 1 rings (SSSR count). The molecule has 0 spiro atoms. The van der Waals surface area contributed by atoms with Crippen LogP contribution >= 0.6 is 0 Å². The number of hydrogen-bond acceptors (Lipinski definition) is 5. The van der Waals surface area contributed by atoms with Gasteiger partial charge in [0.15, 0.2) is 0 Å². The summed E-state index contributed by atoms with van der Waals surface area (Å²) in [6, 6.07) is 4.61. The van der Waals surface area contributed by atoms with Gasteiger partial charge in [-0.05, 0) is 57.9 Å². The maximum absolute atomic E-state index is 7.56. The highest BCUT2D eigenvalue weighted by Gasteiger charge is 2.64. The molecule has 10 heteroatoms. The van der Waals surface area contributed by atoms with Crippen LogP contribution < -0.4 is 0 Å². The van der Waals surface area contributed by atoms with E-state index in [1.165, 1.54) is 0 Å². The Hall–Kier alpha value is 0.884. The molecule has 0 bridgehead atoms. The van der Waals surface area contributed by atoms with Crippen molar-refractivity contribution in [1.29, 1.82) is 0 Å². The molecule has 0 unspecified atom stereocenters. The van der Waals surface area contributed by atoms with Crippen molar-refractivity contribution in [3.8, 4) is 0 Å². The molecule has 1 saturated heterocycles. The van der Waals surface area contributed by atoms with Gasteiger partial charge in [-0.2, -0.15) is 0 Å². The largest absolute Gasteiger partial charge is 0.415 e. The van der Waals surface area contributed by atoms with E-state index in [0.29, 0.717) is 27.7 Å². The van der Waals surface area contributed by atoms with Gasteiger partial charge in [0.1, 0.15) is 0 Å². The monoisotopic (exact) mass is 580 g/mol.